The number of hydrogen-bond donors (Lipinski definition) is 1. The van der Waals surface area contributed by atoms with Crippen LogP contribution in [-0.2, 0) is 15.1 Å². The molecule has 0 aromatic heterocycles. The van der Waals surface area contributed by atoms with Crippen LogP contribution >= 0.6 is 0 Å². The molecule has 1 rings (SSSR count). The molecule has 1 atom stereocenters. The Morgan fingerprint density at radius 2 is 1.89 bits per heavy atom. The van der Waals surface area contributed by atoms with Crippen molar-refractivity contribution in [3.05, 3.63) is 35.9 Å². The number of nitrogens with two attached hydrogens (primary N) is 1. The Bertz CT molecular complexity index is 360. The fourth-order valence-electron chi connectivity index (χ4n) is 1.75. The van der Waals surface area contributed by atoms with Crippen LogP contribution in [0, 0.1) is 0 Å². The molecule has 100 valence electrons. The van der Waals surface area contributed by atoms with E-state index in [4.69, 9.17) is 10.5 Å². The molecule has 2 N–H and O–H groups in total. The van der Waals surface area contributed by atoms with Crippen molar-refractivity contribution in [2.45, 2.75) is 45.1 Å². The van der Waals surface area contributed by atoms with Gasteiger partial charge in [-0.3, -0.25) is 0 Å². The standard InChI is InChI=1S/C15H23NO2/c1-3-4-5-9-12-18-14(17)15(2,16)13-10-7-6-8-11-13/h6-8,10-11H,3-5,9,12,16H2,1-2H3. The minimum absolute atomic E-state index is 0.356. The smallest absolute Gasteiger partial charge is 0.330 e. The maximum absolute atomic E-state index is 12.0. The molecule has 0 radical (unpaired) electrons. The van der Waals surface area contributed by atoms with Gasteiger partial charge >= 0.3 is 5.97 Å². The van der Waals surface area contributed by atoms with E-state index in [9.17, 15) is 4.79 Å². The number of carbonyl (C=O) groups excluding carboxylic acids is 1. The summed E-state index contributed by atoms with van der Waals surface area (Å²) in [6, 6.07) is 9.33. The van der Waals surface area contributed by atoms with Crippen LogP contribution in [0.25, 0.3) is 0 Å². The van der Waals surface area contributed by atoms with E-state index >= 15 is 0 Å². The van der Waals surface area contributed by atoms with Gasteiger partial charge in [0.2, 0.25) is 0 Å². The topological polar surface area (TPSA) is 52.3 Å². The van der Waals surface area contributed by atoms with E-state index < -0.39 is 5.54 Å². The molecular weight excluding hydrogens is 226 g/mol. The number of benzene rings is 1. The molecule has 1 aromatic carbocycles. The molecule has 0 saturated carbocycles. The predicted octanol–water partition coefficient (Wildman–Crippen LogP) is 2.98. The number of ether oxygens (including phenoxy) is 1. The Morgan fingerprint density at radius 3 is 2.50 bits per heavy atom. The van der Waals surface area contributed by atoms with Crippen molar-refractivity contribution in [1.82, 2.24) is 0 Å². The zero-order chi connectivity index (χ0) is 13.4. The first-order valence-electron chi connectivity index (χ1n) is 6.60. The zero-order valence-corrected chi connectivity index (χ0v) is 11.3. The molecule has 1 aromatic rings. The van der Waals surface area contributed by atoms with E-state index in [0.717, 1.165) is 18.4 Å². The summed E-state index contributed by atoms with van der Waals surface area (Å²) < 4.78 is 5.24. The summed E-state index contributed by atoms with van der Waals surface area (Å²) in [5, 5.41) is 0. The first kappa shape index (κ1) is 14.7. The molecule has 0 heterocycles. The Kier molecular flexibility index (Phi) is 5.86. The van der Waals surface area contributed by atoms with Gasteiger partial charge in [0.05, 0.1) is 6.61 Å². The summed E-state index contributed by atoms with van der Waals surface area (Å²) in [5.74, 6) is -0.356. The molecule has 0 amide bonds. The molecule has 0 spiro atoms. The van der Waals surface area contributed by atoms with Gasteiger partial charge in [-0.25, -0.2) is 4.79 Å². The van der Waals surface area contributed by atoms with E-state index in [1.807, 2.05) is 30.3 Å². The molecule has 0 aliphatic rings. The third kappa shape index (κ3) is 4.15. The largest absolute Gasteiger partial charge is 0.464 e. The lowest BCUT2D eigenvalue weighted by Crippen LogP contribution is -2.43. The van der Waals surface area contributed by atoms with Crippen LogP contribution in [0.4, 0.5) is 0 Å². The van der Waals surface area contributed by atoms with Crippen LogP contribution in [0.2, 0.25) is 0 Å². The minimum Gasteiger partial charge on any atom is -0.464 e. The van der Waals surface area contributed by atoms with Crippen molar-refractivity contribution in [1.29, 1.82) is 0 Å². The van der Waals surface area contributed by atoms with E-state index in [1.54, 1.807) is 6.92 Å². The van der Waals surface area contributed by atoms with E-state index in [-0.39, 0.29) is 5.97 Å². The second-order valence-electron chi connectivity index (χ2n) is 4.76. The molecule has 0 bridgehead atoms. The first-order valence-corrected chi connectivity index (χ1v) is 6.60. The van der Waals surface area contributed by atoms with Gasteiger partial charge in [0.15, 0.2) is 0 Å². The van der Waals surface area contributed by atoms with Gasteiger partial charge < -0.3 is 10.5 Å². The van der Waals surface area contributed by atoms with Gasteiger partial charge in [0.25, 0.3) is 0 Å². The quantitative estimate of drug-likeness (QED) is 0.597. The van der Waals surface area contributed by atoms with Crippen LogP contribution in [0.3, 0.4) is 0 Å². The first-order chi connectivity index (χ1) is 8.59. The third-order valence-electron chi connectivity index (χ3n) is 3.03. The molecule has 0 saturated heterocycles. The Balaban J connectivity index is 2.45. The zero-order valence-electron chi connectivity index (χ0n) is 11.3. The third-order valence-corrected chi connectivity index (χ3v) is 3.03. The summed E-state index contributed by atoms with van der Waals surface area (Å²) in [6.07, 6.45) is 4.35. The highest BCUT2D eigenvalue weighted by molar-refractivity contribution is 5.81. The van der Waals surface area contributed by atoms with E-state index in [0.29, 0.717) is 6.61 Å². The molecule has 3 heteroatoms. The normalized spacial score (nSPS) is 13.9. The summed E-state index contributed by atoms with van der Waals surface area (Å²) in [4.78, 5) is 12.0. The molecule has 18 heavy (non-hydrogen) atoms. The highest BCUT2D eigenvalue weighted by Crippen LogP contribution is 2.19. The van der Waals surface area contributed by atoms with Gasteiger partial charge in [-0.05, 0) is 18.9 Å². The molecule has 0 aliphatic heterocycles. The summed E-state index contributed by atoms with van der Waals surface area (Å²) in [6.45, 7) is 4.30. The maximum atomic E-state index is 12.0. The van der Waals surface area contributed by atoms with Crippen molar-refractivity contribution in [2.75, 3.05) is 6.61 Å². The number of hydrogen-bond acceptors (Lipinski definition) is 3. The number of esters is 1. The fraction of sp³-hybridized carbons (Fsp3) is 0.533. The average molecular weight is 249 g/mol. The van der Waals surface area contributed by atoms with Crippen molar-refractivity contribution < 1.29 is 9.53 Å². The predicted molar refractivity (Wildman–Crippen MR) is 73.1 cm³/mol. The molecule has 3 nitrogen and oxygen atoms in total. The number of rotatable bonds is 7. The van der Waals surface area contributed by atoms with Crippen LogP contribution in [0.5, 0.6) is 0 Å². The lowest BCUT2D eigenvalue weighted by molar-refractivity contribution is -0.150. The van der Waals surface area contributed by atoms with Gasteiger partial charge in [-0.15, -0.1) is 0 Å². The highest BCUT2D eigenvalue weighted by Gasteiger charge is 2.31. The highest BCUT2D eigenvalue weighted by atomic mass is 16.5. The van der Waals surface area contributed by atoms with Gasteiger partial charge in [-0.1, -0.05) is 56.5 Å². The van der Waals surface area contributed by atoms with Gasteiger partial charge in [0, 0.05) is 0 Å². The van der Waals surface area contributed by atoms with E-state index in [1.165, 1.54) is 12.8 Å². The van der Waals surface area contributed by atoms with Crippen molar-refractivity contribution >= 4 is 5.97 Å². The maximum Gasteiger partial charge on any atom is 0.330 e. The Hall–Kier alpha value is -1.35. The van der Waals surface area contributed by atoms with Crippen LogP contribution < -0.4 is 5.73 Å². The van der Waals surface area contributed by atoms with Crippen LogP contribution in [0.15, 0.2) is 30.3 Å². The number of unbranched alkanes of at least 4 members (excludes halogenated alkanes) is 3. The SMILES string of the molecule is CCCCCCOC(=O)C(C)(N)c1ccccc1. The van der Waals surface area contributed by atoms with Crippen molar-refractivity contribution in [3.8, 4) is 0 Å². The van der Waals surface area contributed by atoms with Crippen LogP contribution in [0.1, 0.15) is 45.1 Å². The summed E-state index contributed by atoms with van der Waals surface area (Å²) >= 11 is 0. The monoisotopic (exact) mass is 249 g/mol. The second kappa shape index (κ2) is 7.17. The summed E-state index contributed by atoms with van der Waals surface area (Å²) in [5.41, 5.74) is 5.77. The second-order valence-corrected chi connectivity index (χ2v) is 4.76. The average Bonchev–Trinajstić information content (AvgIpc) is 2.39. The van der Waals surface area contributed by atoms with E-state index in [2.05, 4.69) is 6.92 Å². The van der Waals surface area contributed by atoms with Crippen molar-refractivity contribution in [3.63, 3.8) is 0 Å². The molecule has 0 aliphatic carbocycles. The van der Waals surface area contributed by atoms with Crippen LogP contribution in [-0.4, -0.2) is 12.6 Å². The van der Waals surface area contributed by atoms with Gasteiger partial charge in [-0.2, -0.15) is 0 Å². The molecule has 0 fully saturated rings. The molecule has 1 unspecified atom stereocenters. The Labute approximate surface area is 109 Å². The van der Waals surface area contributed by atoms with Crippen molar-refractivity contribution in [2.24, 2.45) is 5.73 Å². The lowest BCUT2D eigenvalue weighted by Gasteiger charge is -2.22. The number of carbonyl (C=O) groups is 1. The summed E-state index contributed by atoms with van der Waals surface area (Å²) in [7, 11) is 0. The lowest BCUT2D eigenvalue weighted by atomic mass is 9.93. The fourth-order valence-corrected chi connectivity index (χ4v) is 1.75. The minimum atomic E-state index is -1.06. The molecular formula is C15H23NO2. The Morgan fingerprint density at radius 1 is 1.22 bits per heavy atom. The van der Waals surface area contributed by atoms with Gasteiger partial charge in [0.1, 0.15) is 5.54 Å².